The van der Waals surface area contributed by atoms with Crippen molar-refractivity contribution in [1.82, 2.24) is 4.31 Å². The van der Waals surface area contributed by atoms with Crippen LogP contribution in [0.1, 0.15) is 12.0 Å². The Balaban J connectivity index is 2.98. The van der Waals surface area contributed by atoms with Crippen molar-refractivity contribution in [2.24, 2.45) is 0 Å². The molecule has 0 aromatic heterocycles. The van der Waals surface area contributed by atoms with Crippen LogP contribution in [0.15, 0.2) is 22.7 Å². The second-order valence-electron chi connectivity index (χ2n) is 4.20. The van der Waals surface area contributed by atoms with Gasteiger partial charge in [-0.25, -0.2) is 0 Å². The second-order valence-corrected chi connectivity index (χ2v) is 6.83. The first-order valence-corrected chi connectivity index (χ1v) is 8.03. The molecule has 21 heavy (non-hydrogen) atoms. The van der Waals surface area contributed by atoms with Crippen LogP contribution in [-0.4, -0.2) is 38.0 Å². The van der Waals surface area contributed by atoms with Gasteiger partial charge in [0, 0.05) is 24.7 Å². The number of alkyl halides is 3. The maximum Gasteiger partial charge on any atom is 0.417 e. The minimum absolute atomic E-state index is 0.0501. The fourth-order valence-corrected chi connectivity index (χ4v) is 2.87. The molecule has 5 nitrogen and oxygen atoms in total. The minimum Gasteiger partial charge on any atom is -0.396 e. The lowest BCUT2D eigenvalue weighted by Crippen LogP contribution is -2.33. The van der Waals surface area contributed by atoms with Gasteiger partial charge in [-0.05, 0) is 24.6 Å². The number of aliphatic hydroxyl groups is 1. The van der Waals surface area contributed by atoms with Gasteiger partial charge in [-0.15, -0.1) is 0 Å². The molecular weight excluding hydrogens is 377 g/mol. The molecule has 0 atom stereocenters. The molecule has 0 spiro atoms. The van der Waals surface area contributed by atoms with Crippen molar-refractivity contribution in [2.45, 2.75) is 12.6 Å². The fraction of sp³-hybridized carbons (Fsp3) is 0.455. The van der Waals surface area contributed by atoms with E-state index >= 15 is 0 Å². The lowest BCUT2D eigenvalue weighted by Gasteiger charge is -2.18. The van der Waals surface area contributed by atoms with Crippen LogP contribution < -0.4 is 4.72 Å². The van der Waals surface area contributed by atoms with Gasteiger partial charge in [0.05, 0.1) is 11.3 Å². The van der Waals surface area contributed by atoms with Crippen molar-refractivity contribution in [3.05, 3.63) is 28.2 Å². The van der Waals surface area contributed by atoms with Gasteiger partial charge in [-0.2, -0.15) is 25.9 Å². The van der Waals surface area contributed by atoms with Gasteiger partial charge in [0.15, 0.2) is 0 Å². The number of anilines is 1. The van der Waals surface area contributed by atoms with Gasteiger partial charge in [0.25, 0.3) is 0 Å². The summed E-state index contributed by atoms with van der Waals surface area (Å²) in [5.74, 6) is 0. The summed E-state index contributed by atoms with van der Waals surface area (Å²) >= 11 is 2.77. The topological polar surface area (TPSA) is 69.6 Å². The summed E-state index contributed by atoms with van der Waals surface area (Å²) < 4.78 is 64.8. The summed E-state index contributed by atoms with van der Waals surface area (Å²) in [6.07, 6.45) is -4.37. The van der Waals surface area contributed by atoms with E-state index in [-0.39, 0.29) is 29.7 Å². The summed E-state index contributed by atoms with van der Waals surface area (Å²) in [4.78, 5) is 0. The van der Waals surface area contributed by atoms with E-state index in [4.69, 9.17) is 5.11 Å². The Morgan fingerprint density at radius 2 is 2.00 bits per heavy atom. The maximum atomic E-state index is 12.7. The van der Waals surface area contributed by atoms with Crippen LogP contribution in [0.5, 0.6) is 0 Å². The van der Waals surface area contributed by atoms with Crippen molar-refractivity contribution in [1.29, 1.82) is 0 Å². The molecule has 0 heterocycles. The van der Waals surface area contributed by atoms with Gasteiger partial charge in [0.1, 0.15) is 0 Å². The Bertz CT molecular complexity index is 593. The molecule has 0 bridgehead atoms. The van der Waals surface area contributed by atoms with E-state index < -0.39 is 21.9 Å². The SMILES string of the molecule is CN(CCCO)S(=O)(=O)Nc1ccc(Br)c(C(F)(F)F)c1. The van der Waals surface area contributed by atoms with E-state index in [1.807, 2.05) is 0 Å². The van der Waals surface area contributed by atoms with Crippen LogP contribution >= 0.6 is 15.9 Å². The number of halogens is 4. The molecule has 0 amide bonds. The molecule has 0 saturated heterocycles. The average Bonchev–Trinajstić information content (AvgIpc) is 2.36. The molecule has 0 saturated carbocycles. The number of rotatable bonds is 6. The highest BCUT2D eigenvalue weighted by atomic mass is 79.9. The van der Waals surface area contributed by atoms with Gasteiger partial charge >= 0.3 is 16.4 Å². The van der Waals surface area contributed by atoms with Gasteiger partial charge < -0.3 is 5.11 Å². The van der Waals surface area contributed by atoms with E-state index in [1.54, 1.807) is 0 Å². The Hall–Kier alpha value is -0.840. The molecule has 1 aromatic carbocycles. The molecule has 0 aliphatic rings. The maximum absolute atomic E-state index is 12.7. The van der Waals surface area contributed by atoms with Crippen molar-refractivity contribution < 1.29 is 26.7 Å². The molecule has 120 valence electrons. The van der Waals surface area contributed by atoms with Crippen molar-refractivity contribution >= 4 is 31.8 Å². The molecule has 1 aromatic rings. The van der Waals surface area contributed by atoms with Crippen molar-refractivity contribution in [2.75, 3.05) is 24.9 Å². The van der Waals surface area contributed by atoms with Crippen LogP contribution in [-0.2, 0) is 16.4 Å². The third kappa shape index (κ3) is 5.13. The van der Waals surface area contributed by atoms with E-state index in [0.29, 0.717) is 6.07 Å². The van der Waals surface area contributed by atoms with Gasteiger partial charge in [-0.3, -0.25) is 4.72 Å². The third-order valence-electron chi connectivity index (χ3n) is 2.56. The number of nitrogens with zero attached hydrogens (tertiary/aromatic N) is 1. The number of aliphatic hydroxyl groups excluding tert-OH is 1. The van der Waals surface area contributed by atoms with E-state index in [2.05, 4.69) is 20.7 Å². The third-order valence-corrected chi connectivity index (χ3v) is 4.75. The molecular formula is C11H14BrF3N2O3S. The van der Waals surface area contributed by atoms with Crippen LogP contribution in [0.25, 0.3) is 0 Å². The molecule has 10 heteroatoms. The summed E-state index contributed by atoms with van der Waals surface area (Å²) in [6, 6.07) is 3.05. The Morgan fingerprint density at radius 3 is 2.52 bits per heavy atom. The van der Waals surface area contributed by atoms with Crippen molar-refractivity contribution in [3.8, 4) is 0 Å². The highest BCUT2D eigenvalue weighted by Gasteiger charge is 2.33. The van der Waals surface area contributed by atoms with Gasteiger partial charge in [-0.1, -0.05) is 15.9 Å². The molecule has 2 N–H and O–H groups in total. The van der Waals surface area contributed by atoms with E-state index in [9.17, 15) is 21.6 Å². The highest BCUT2D eigenvalue weighted by Crippen LogP contribution is 2.36. The minimum atomic E-state index is -4.59. The quantitative estimate of drug-likeness (QED) is 0.783. The molecule has 0 aliphatic heterocycles. The summed E-state index contributed by atoms with van der Waals surface area (Å²) in [6.45, 7) is -0.134. The van der Waals surface area contributed by atoms with Crippen LogP contribution in [0.3, 0.4) is 0 Å². The number of hydrogen-bond donors (Lipinski definition) is 2. The summed E-state index contributed by atoms with van der Waals surface area (Å²) in [5, 5.41) is 8.65. The molecule has 0 fully saturated rings. The fourth-order valence-electron chi connectivity index (χ4n) is 1.45. The zero-order valence-electron chi connectivity index (χ0n) is 11.0. The number of hydrogen-bond acceptors (Lipinski definition) is 3. The standard InChI is InChI=1S/C11H14BrF3N2O3S/c1-17(5-2-6-18)21(19,20)16-8-3-4-10(12)9(7-8)11(13,14)15/h3-4,7,16,18H,2,5-6H2,1H3. The molecule has 0 unspecified atom stereocenters. The first-order chi connectivity index (χ1) is 9.58. The smallest absolute Gasteiger partial charge is 0.396 e. The van der Waals surface area contributed by atoms with Crippen LogP contribution in [0, 0.1) is 0 Å². The van der Waals surface area contributed by atoms with E-state index in [0.717, 1.165) is 10.4 Å². The second kappa shape index (κ2) is 6.95. The largest absolute Gasteiger partial charge is 0.417 e. The lowest BCUT2D eigenvalue weighted by molar-refractivity contribution is -0.138. The van der Waals surface area contributed by atoms with E-state index in [1.165, 1.54) is 13.1 Å². The first kappa shape index (κ1) is 18.2. The summed E-state index contributed by atoms with van der Waals surface area (Å²) in [5.41, 5.74) is -1.16. The zero-order chi connectivity index (χ0) is 16.3. The Kier molecular flexibility index (Phi) is 6.02. The predicted molar refractivity (Wildman–Crippen MR) is 76.0 cm³/mol. The number of benzene rings is 1. The predicted octanol–water partition coefficient (Wildman–Crippen LogP) is 2.44. The van der Waals surface area contributed by atoms with Crippen LogP contribution in [0.4, 0.5) is 18.9 Å². The lowest BCUT2D eigenvalue weighted by atomic mass is 10.2. The average molecular weight is 391 g/mol. The van der Waals surface area contributed by atoms with Crippen LogP contribution in [0.2, 0.25) is 0 Å². The zero-order valence-corrected chi connectivity index (χ0v) is 13.4. The number of nitrogens with one attached hydrogen (secondary N) is 1. The first-order valence-electron chi connectivity index (χ1n) is 5.79. The van der Waals surface area contributed by atoms with Crippen molar-refractivity contribution in [3.63, 3.8) is 0 Å². The Labute approximate surface area is 129 Å². The molecule has 0 aliphatic carbocycles. The van der Waals surface area contributed by atoms with Gasteiger partial charge in [0.2, 0.25) is 0 Å². The normalized spacial score (nSPS) is 12.7. The highest BCUT2D eigenvalue weighted by molar-refractivity contribution is 9.10. The summed E-state index contributed by atoms with van der Waals surface area (Å²) in [7, 11) is -2.71. The Morgan fingerprint density at radius 1 is 1.38 bits per heavy atom. The molecule has 1 rings (SSSR count). The monoisotopic (exact) mass is 390 g/mol. The molecule has 0 radical (unpaired) electrons.